The monoisotopic (exact) mass is 380 g/mol. The summed E-state index contributed by atoms with van der Waals surface area (Å²) in [7, 11) is 0. The molecule has 0 amide bonds. The van der Waals surface area contributed by atoms with Gasteiger partial charge in [-0.05, 0) is 17.9 Å². The third-order valence-electron chi connectivity index (χ3n) is 4.82. The van der Waals surface area contributed by atoms with E-state index in [1.165, 1.54) is 12.5 Å². The average molecular weight is 381 g/mol. The molecule has 0 saturated heterocycles. The fourth-order valence-corrected chi connectivity index (χ4v) is 3.26. The van der Waals surface area contributed by atoms with Crippen LogP contribution >= 0.6 is 0 Å². The first-order valence-corrected chi connectivity index (χ1v) is 10.1. The molecule has 0 aliphatic heterocycles. The molecule has 0 spiro atoms. The van der Waals surface area contributed by atoms with Crippen LogP contribution in [0.15, 0.2) is 65.8 Å². The Morgan fingerprint density at radius 1 is 1.04 bits per heavy atom. The molecule has 4 nitrogen and oxygen atoms in total. The number of rotatable bonds is 9. The molecule has 2 aromatic carbocycles. The van der Waals surface area contributed by atoms with E-state index in [-0.39, 0.29) is 0 Å². The van der Waals surface area contributed by atoms with Gasteiger partial charge in [-0.3, -0.25) is 0 Å². The molecule has 4 heteroatoms. The standard InChI is InChI=1S/C24H32N2O2/c1-5-6-17-26(18-23(19(2)3)21-13-9-7-10-14-21)24(25-28-20(4)27)22-15-11-8-12-16-22/h7-16,19,23H,5-6,17-18H2,1-4H3/b25-24+. The van der Waals surface area contributed by atoms with Gasteiger partial charge in [-0.15, -0.1) is 0 Å². The Morgan fingerprint density at radius 3 is 2.18 bits per heavy atom. The molecule has 0 radical (unpaired) electrons. The zero-order chi connectivity index (χ0) is 20.4. The van der Waals surface area contributed by atoms with Crippen LogP contribution in [0.2, 0.25) is 0 Å². The molecule has 0 fully saturated rings. The lowest BCUT2D eigenvalue weighted by Crippen LogP contribution is -2.37. The Hall–Kier alpha value is -2.62. The molecule has 150 valence electrons. The van der Waals surface area contributed by atoms with Crippen LogP contribution in [0.1, 0.15) is 57.6 Å². The Bertz CT molecular complexity index is 742. The second-order valence-electron chi connectivity index (χ2n) is 7.42. The number of carbonyl (C=O) groups excluding carboxylic acids is 1. The van der Waals surface area contributed by atoms with E-state index in [2.05, 4.69) is 55.1 Å². The van der Waals surface area contributed by atoms with Crippen molar-refractivity contribution in [2.75, 3.05) is 13.1 Å². The highest BCUT2D eigenvalue weighted by atomic mass is 16.7. The molecule has 0 aromatic heterocycles. The van der Waals surface area contributed by atoms with Crippen molar-refractivity contribution >= 4 is 11.8 Å². The second kappa shape index (κ2) is 11.3. The molecular weight excluding hydrogens is 348 g/mol. The van der Waals surface area contributed by atoms with Crippen molar-refractivity contribution in [1.29, 1.82) is 0 Å². The Labute approximate surface area is 169 Å². The van der Waals surface area contributed by atoms with Crippen molar-refractivity contribution in [2.24, 2.45) is 11.1 Å². The summed E-state index contributed by atoms with van der Waals surface area (Å²) >= 11 is 0. The number of hydrogen-bond acceptors (Lipinski definition) is 3. The summed E-state index contributed by atoms with van der Waals surface area (Å²) in [6.07, 6.45) is 2.13. The van der Waals surface area contributed by atoms with Crippen molar-refractivity contribution < 1.29 is 9.63 Å². The van der Waals surface area contributed by atoms with E-state index < -0.39 is 5.97 Å². The maximum atomic E-state index is 11.4. The average Bonchev–Trinajstić information content (AvgIpc) is 2.70. The minimum Gasteiger partial charge on any atom is -0.353 e. The Balaban J connectivity index is 2.39. The maximum Gasteiger partial charge on any atom is 0.332 e. The predicted octanol–water partition coefficient (Wildman–Crippen LogP) is 5.45. The van der Waals surface area contributed by atoms with Gasteiger partial charge in [0.05, 0.1) is 0 Å². The highest BCUT2D eigenvalue weighted by Gasteiger charge is 2.23. The van der Waals surface area contributed by atoms with Crippen LogP contribution in [0.3, 0.4) is 0 Å². The van der Waals surface area contributed by atoms with Gasteiger partial charge in [0, 0.05) is 31.5 Å². The third-order valence-corrected chi connectivity index (χ3v) is 4.82. The fourth-order valence-electron chi connectivity index (χ4n) is 3.26. The molecule has 1 unspecified atom stereocenters. The van der Waals surface area contributed by atoms with Crippen LogP contribution in [0.25, 0.3) is 0 Å². The quantitative estimate of drug-likeness (QED) is 0.251. The number of carbonyl (C=O) groups is 1. The highest BCUT2D eigenvalue weighted by Crippen LogP contribution is 2.26. The van der Waals surface area contributed by atoms with E-state index in [1.807, 2.05) is 36.4 Å². The van der Waals surface area contributed by atoms with Gasteiger partial charge in [0.2, 0.25) is 0 Å². The Morgan fingerprint density at radius 2 is 1.64 bits per heavy atom. The van der Waals surface area contributed by atoms with Gasteiger partial charge in [0.15, 0.2) is 5.84 Å². The minimum atomic E-state index is -0.410. The van der Waals surface area contributed by atoms with E-state index in [9.17, 15) is 4.79 Å². The summed E-state index contributed by atoms with van der Waals surface area (Å²) in [6.45, 7) is 9.74. The van der Waals surface area contributed by atoms with Crippen molar-refractivity contribution in [3.05, 3.63) is 71.8 Å². The molecule has 2 aromatic rings. The lowest BCUT2D eigenvalue weighted by Gasteiger charge is -2.32. The largest absolute Gasteiger partial charge is 0.353 e. The molecule has 0 aliphatic rings. The summed E-state index contributed by atoms with van der Waals surface area (Å²) in [5.41, 5.74) is 2.27. The molecule has 0 aliphatic carbocycles. The second-order valence-corrected chi connectivity index (χ2v) is 7.42. The van der Waals surface area contributed by atoms with Crippen molar-refractivity contribution in [2.45, 2.75) is 46.5 Å². The first kappa shape index (κ1) is 21.7. The fraction of sp³-hybridized carbons (Fsp3) is 0.417. The number of hydrogen-bond donors (Lipinski definition) is 0. The lowest BCUT2D eigenvalue weighted by atomic mass is 9.87. The number of nitrogens with zero attached hydrogens (tertiary/aromatic N) is 2. The zero-order valence-electron chi connectivity index (χ0n) is 17.5. The van der Waals surface area contributed by atoms with Gasteiger partial charge in [-0.2, -0.15) is 0 Å². The van der Waals surface area contributed by atoms with Crippen LogP contribution in [0.5, 0.6) is 0 Å². The van der Waals surface area contributed by atoms with Crippen molar-refractivity contribution in [3.63, 3.8) is 0 Å². The first-order valence-electron chi connectivity index (χ1n) is 10.1. The van der Waals surface area contributed by atoms with E-state index in [0.29, 0.717) is 17.7 Å². The molecule has 1 atom stereocenters. The normalized spacial score (nSPS) is 12.7. The third kappa shape index (κ3) is 6.52. The number of benzene rings is 2. The van der Waals surface area contributed by atoms with Crippen molar-refractivity contribution in [1.82, 2.24) is 4.90 Å². The van der Waals surface area contributed by atoms with Gasteiger partial charge in [-0.1, -0.05) is 93.0 Å². The lowest BCUT2D eigenvalue weighted by molar-refractivity contribution is -0.141. The molecule has 0 bridgehead atoms. The Kier molecular flexibility index (Phi) is 8.73. The SMILES string of the molecule is CCCCN(CC(c1ccccc1)C(C)C)/C(=N/OC(C)=O)c1ccccc1. The maximum absolute atomic E-state index is 11.4. The highest BCUT2D eigenvalue weighted by molar-refractivity contribution is 5.98. The zero-order valence-corrected chi connectivity index (χ0v) is 17.5. The van der Waals surface area contributed by atoms with Gasteiger partial charge in [0.1, 0.15) is 0 Å². The van der Waals surface area contributed by atoms with Gasteiger partial charge < -0.3 is 9.74 Å². The van der Waals surface area contributed by atoms with Crippen LogP contribution in [0.4, 0.5) is 0 Å². The van der Waals surface area contributed by atoms with E-state index >= 15 is 0 Å². The summed E-state index contributed by atoms with van der Waals surface area (Å²) in [5, 5.41) is 4.25. The molecule has 28 heavy (non-hydrogen) atoms. The number of oxime groups is 1. The van der Waals surface area contributed by atoms with Crippen LogP contribution in [-0.4, -0.2) is 29.8 Å². The van der Waals surface area contributed by atoms with Crippen LogP contribution in [-0.2, 0) is 9.63 Å². The number of amidine groups is 1. The summed E-state index contributed by atoms with van der Waals surface area (Å²) in [4.78, 5) is 18.8. The van der Waals surface area contributed by atoms with Gasteiger partial charge in [-0.25, -0.2) is 4.79 Å². The summed E-state index contributed by atoms with van der Waals surface area (Å²) < 4.78 is 0. The van der Waals surface area contributed by atoms with E-state index in [0.717, 1.165) is 31.5 Å². The topological polar surface area (TPSA) is 41.9 Å². The van der Waals surface area contributed by atoms with Gasteiger partial charge in [0.25, 0.3) is 0 Å². The molecule has 0 heterocycles. The van der Waals surface area contributed by atoms with Crippen LogP contribution < -0.4 is 0 Å². The minimum absolute atomic E-state index is 0.351. The van der Waals surface area contributed by atoms with Gasteiger partial charge >= 0.3 is 5.97 Å². The van der Waals surface area contributed by atoms with Crippen LogP contribution in [0, 0.1) is 5.92 Å². The predicted molar refractivity (Wildman–Crippen MR) is 115 cm³/mol. The molecule has 0 N–H and O–H groups in total. The molecular formula is C24H32N2O2. The van der Waals surface area contributed by atoms with E-state index in [1.54, 1.807) is 0 Å². The molecule has 0 saturated carbocycles. The van der Waals surface area contributed by atoms with E-state index in [4.69, 9.17) is 4.84 Å². The summed E-state index contributed by atoms with van der Waals surface area (Å²) in [6, 6.07) is 20.6. The number of unbranched alkanes of at least 4 members (excludes halogenated alkanes) is 1. The first-order chi connectivity index (χ1) is 13.5. The van der Waals surface area contributed by atoms with Crippen molar-refractivity contribution in [3.8, 4) is 0 Å². The summed E-state index contributed by atoms with van der Waals surface area (Å²) in [5.74, 6) is 1.12. The smallest absolute Gasteiger partial charge is 0.332 e. The molecule has 2 rings (SSSR count).